The van der Waals surface area contributed by atoms with Crippen LogP contribution in [0.25, 0.3) is 0 Å². The molecule has 1 heterocycles. The number of hydrogen-bond acceptors (Lipinski definition) is 5. The minimum absolute atomic E-state index is 0.0642. The van der Waals surface area contributed by atoms with E-state index in [-0.39, 0.29) is 5.78 Å². The number of thioether (sulfide) groups is 1. The number of Topliss-reactive ketones (excluding diaryl/α,β-unsaturated/α-hetero) is 1. The van der Waals surface area contributed by atoms with Crippen molar-refractivity contribution in [1.29, 1.82) is 0 Å². The SMILES string of the molecule is CN(C)/C=C(\Sc1ccc(Cl)cc1)C(=O)c1ccc2c(c1)OCCO2. The quantitative estimate of drug-likeness (QED) is 0.437. The van der Waals surface area contributed by atoms with Gasteiger partial charge in [-0.1, -0.05) is 23.4 Å². The minimum Gasteiger partial charge on any atom is -0.486 e. The van der Waals surface area contributed by atoms with Crippen molar-refractivity contribution in [2.75, 3.05) is 27.3 Å². The van der Waals surface area contributed by atoms with Crippen LogP contribution >= 0.6 is 23.4 Å². The molecule has 0 aromatic heterocycles. The molecule has 0 fully saturated rings. The number of allylic oxidation sites excluding steroid dienone is 1. The first-order chi connectivity index (χ1) is 12.0. The van der Waals surface area contributed by atoms with Crippen molar-refractivity contribution in [3.63, 3.8) is 0 Å². The molecular formula is C19H18ClNO3S. The van der Waals surface area contributed by atoms with Crippen LogP contribution in [0.3, 0.4) is 0 Å². The van der Waals surface area contributed by atoms with Crippen molar-refractivity contribution < 1.29 is 14.3 Å². The van der Waals surface area contributed by atoms with Crippen LogP contribution in [0.15, 0.2) is 58.5 Å². The Bertz CT molecular complexity index is 803. The zero-order valence-corrected chi connectivity index (χ0v) is 15.6. The summed E-state index contributed by atoms with van der Waals surface area (Å²) < 4.78 is 11.1. The summed E-state index contributed by atoms with van der Waals surface area (Å²) in [6.45, 7) is 1.02. The second-order valence-corrected chi connectivity index (χ2v) is 7.25. The van der Waals surface area contributed by atoms with Gasteiger partial charge in [0.25, 0.3) is 0 Å². The standard InChI is InChI=1S/C19H18ClNO3S/c1-21(2)12-18(25-15-6-4-14(20)5-7-15)19(22)13-3-8-16-17(11-13)24-10-9-23-16/h3-8,11-12H,9-10H2,1-2H3/b18-12-. The first-order valence-corrected chi connectivity index (χ1v) is 8.98. The average Bonchev–Trinajstić information content (AvgIpc) is 2.61. The monoisotopic (exact) mass is 375 g/mol. The van der Waals surface area contributed by atoms with Crippen molar-refractivity contribution in [3.8, 4) is 11.5 Å². The number of carbonyl (C=O) groups excluding carboxylic acids is 1. The first kappa shape index (κ1) is 17.7. The third-order valence-corrected chi connectivity index (χ3v) is 4.72. The summed E-state index contributed by atoms with van der Waals surface area (Å²) >= 11 is 7.34. The molecule has 1 aliphatic rings. The maximum atomic E-state index is 13.0. The molecule has 0 spiro atoms. The Hall–Kier alpha value is -2.11. The van der Waals surface area contributed by atoms with Crippen LogP contribution in [-0.2, 0) is 0 Å². The van der Waals surface area contributed by atoms with Gasteiger partial charge in [0.1, 0.15) is 13.2 Å². The molecule has 0 aliphatic carbocycles. The highest BCUT2D eigenvalue weighted by Crippen LogP contribution is 2.34. The lowest BCUT2D eigenvalue weighted by Gasteiger charge is -2.19. The molecule has 130 valence electrons. The molecule has 2 aromatic rings. The zero-order chi connectivity index (χ0) is 17.8. The molecule has 0 unspecified atom stereocenters. The number of ether oxygens (including phenoxy) is 2. The van der Waals surface area contributed by atoms with Crippen molar-refractivity contribution in [2.45, 2.75) is 4.90 Å². The first-order valence-electron chi connectivity index (χ1n) is 7.79. The van der Waals surface area contributed by atoms with Gasteiger partial charge < -0.3 is 14.4 Å². The van der Waals surface area contributed by atoms with E-state index in [2.05, 4.69) is 0 Å². The number of rotatable bonds is 5. The fraction of sp³-hybridized carbons (Fsp3) is 0.211. The van der Waals surface area contributed by atoms with Crippen LogP contribution in [0.2, 0.25) is 5.02 Å². The maximum absolute atomic E-state index is 13.0. The summed E-state index contributed by atoms with van der Waals surface area (Å²) in [5.74, 6) is 1.22. The lowest BCUT2D eigenvalue weighted by molar-refractivity contribution is 0.104. The van der Waals surface area contributed by atoms with Gasteiger partial charge in [-0.25, -0.2) is 0 Å². The Morgan fingerprint density at radius 3 is 2.44 bits per heavy atom. The van der Waals surface area contributed by atoms with E-state index in [1.165, 1.54) is 11.8 Å². The molecule has 2 aromatic carbocycles. The lowest BCUT2D eigenvalue weighted by Crippen LogP contribution is -2.16. The molecule has 1 aliphatic heterocycles. The van der Waals surface area contributed by atoms with E-state index in [1.54, 1.807) is 18.2 Å². The van der Waals surface area contributed by atoms with Gasteiger partial charge in [-0.15, -0.1) is 0 Å². The largest absolute Gasteiger partial charge is 0.486 e. The Morgan fingerprint density at radius 2 is 1.76 bits per heavy atom. The summed E-state index contributed by atoms with van der Waals surface area (Å²) in [7, 11) is 3.78. The van der Waals surface area contributed by atoms with Gasteiger partial charge in [0, 0.05) is 35.8 Å². The highest BCUT2D eigenvalue weighted by molar-refractivity contribution is 8.04. The molecule has 0 saturated heterocycles. The highest BCUT2D eigenvalue weighted by Gasteiger charge is 2.19. The third-order valence-electron chi connectivity index (χ3n) is 3.45. The van der Waals surface area contributed by atoms with Crippen LogP contribution in [0.1, 0.15) is 10.4 Å². The Labute approximate surface area is 156 Å². The van der Waals surface area contributed by atoms with Crippen LogP contribution in [0, 0.1) is 0 Å². The fourth-order valence-corrected chi connectivity index (χ4v) is 3.45. The second-order valence-electron chi connectivity index (χ2n) is 5.70. The van der Waals surface area contributed by atoms with Gasteiger partial charge >= 0.3 is 0 Å². The summed E-state index contributed by atoms with van der Waals surface area (Å²) in [5, 5.41) is 0.667. The van der Waals surface area contributed by atoms with Crippen LogP contribution in [0.4, 0.5) is 0 Å². The average molecular weight is 376 g/mol. The van der Waals surface area contributed by atoms with Gasteiger partial charge in [0.2, 0.25) is 5.78 Å². The number of nitrogens with zero attached hydrogens (tertiary/aromatic N) is 1. The third kappa shape index (κ3) is 4.50. The van der Waals surface area contributed by atoms with Crippen molar-refractivity contribution in [3.05, 3.63) is 64.2 Å². The fourth-order valence-electron chi connectivity index (χ4n) is 2.32. The van der Waals surface area contributed by atoms with Crippen molar-refractivity contribution in [1.82, 2.24) is 4.90 Å². The number of benzene rings is 2. The van der Waals surface area contributed by atoms with E-state index in [4.69, 9.17) is 21.1 Å². The molecule has 3 rings (SSSR count). The van der Waals surface area contributed by atoms with Gasteiger partial charge in [-0.3, -0.25) is 4.79 Å². The van der Waals surface area contributed by atoms with E-state index in [9.17, 15) is 4.79 Å². The number of fused-ring (bicyclic) bond motifs is 1. The predicted molar refractivity (Wildman–Crippen MR) is 101 cm³/mol. The molecule has 0 saturated carbocycles. The summed E-state index contributed by atoms with van der Waals surface area (Å²) in [6.07, 6.45) is 1.82. The maximum Gasteiger partial charge on any atom is 0.201 e. The van der Waals surface area contributed by atoms with Crippen LogP contribution < -0.4 is 9.47 Å². The normalized spacial score (nSPS) is 13.5. The summed E-state index contributed by atoms with van der Waals surface area (Å²) in [5.41, 5.74) is 0.568. The van der Waals surface area contributed by atoms with E-state index >= 15 is 0 Å². The number of hydrogen-bond donors (Lipinski definition) is 0. The van der Waals surface area contributed by atoms with Crippen molar-refractivity contribution >= 4 is 29.1 Å². The number of ketones is 1. The van der Waals surface area contributed by atoms with E-state index in [1.807, 2.05) is 49.5 Å². The predicted octanol–water partition coefficient (Wildman–Crippen LogP) is 4.49. The zero-order valence-electron chi connectivity index (χ0n) is 14.0. The van der Waals surface area contributed by atoms with Crippen LogP contribution in [0.5, 0.6) is 11.5 Å². The molecule has 4 nitrogen and oxygen atoms in total. The van der Waals surface area contributed by atoms with Gasteiger partial charge in [0.15, 0.2) is 11.5 Å². The molecular weight excluding hydrogens is 358 g/mol. The second kappa shape index (κ2) is 7.85. The van der Waals surface area contributed by atoms with E-state index in [0.29, 0.717) is 40.2 Å². The number of carbonyl (C=O) groups is 1. The molecule has 0 radical (unpaired) electrons. The Kier molecular flexibility index (Phi) is 5.56. The minimum atomic E-state index is -0.0642. The molecule has 0 bridgehead atoms. The number of halogens is 1. The highest BCUT2D eigenvalue weighted by atomic mass is 35.5. The van der Waals surface area contributed by atoms with E-state index in [0.717, 1.165) is 4.90 Å². The van der Waals surface area contributed by atoms with Crippen molar-refractivity contribution in [2.24, 2.45) is 0 Å². The Morgan fingerprint density at radius 1 is 1.08 bits per heavy atom. The van der Waals surface area contributed by atoms with Gasteiger partial charge in [-0.2, -0.15) is 0 Å². The molecule has 25 heavy (non-hydrogen) atoms. The Balaban J connectivity index is 1.88. The molecule has 0 N–H and O–H groups in total. The smallest absolute Gasteiger partial charge is 0.201 e. The lowest BCUT2D eigenvalue weighted by atomic mass is 10.1. The molecule has 0 amide bonds. The topological polar surface area (TPSA) is 38.8 Å². The summed E-state index contributed by atoms with van der Waals surface area (Å²) in [4.78, 5) is 16.4. The van der Waals surface area contributed by atoms with Crippen LogP contribution in [-0.4, -0.2) is 38.0 Å². The molecule has 6 heteroatoms. The van der Waals surface area contributed by atoms with Gasteiger partial charge in [0.05, 0.1) is 4.91 Å². The van der Waals surface area contributed by atoms with E-state index < -0.39 is 0 Å². The van der Waals surface area contributed by atoms with Gasteiger partial charge in [-0.05, 0) is 42.5 Å². The molecule has 0 atom stereocenters. The summed E-state index contributed by atoms with van der Waals surface area (Å²) in [6, 6.07) is 12.7.